The molecule has 1 aromatic carbocycles. The summed E-state index contributed by atoms with van der Waals surface area (Å²) in [6, 6.07) is 1.12. The second kappa shape index (κ2) is 4.54. The number of amides is 1. The van der Waals surface area contributed by atoms with E-state index >= 15 is 0 Å². The third-order valence-electron chi connectivity index (χ3n) is 4.12. The summed E-state index contributed by atoms with van der Waals surface area (Å²) in [4.78, 5) is 13.6. The Kier molecular flexibility index (Phi) is 2.99. The SMILES string of the molecule is O=C1CCC[C@H]2CCC(c3cc(F)c(F)cc3F)N12. The Morgan fingerprint density at radius 2 is 1.74 bits per heavy atom. The van der Waals surface area contributed by atoms with Crippen LogP contribution in [0.25, 0.3) is 0 Å². The van der Waals surface area contributed by atoms with Crippen molar-refractivity contribution in [2.45, 2.75) is 44.2 Å². The van der Waals surface area contributed by atoms with Gasteiger partial charge in [0.15, 0.2) is 11.6 Å². The molecule has 1 aromatic rings. The van der Waals surface area contributed by atoms with Gasteiger partial charge in [-0.2, -0.15) is 0 Å². The fraction of sp³-hybridized carbons (Fsp3) is 0.500. The largest absolute Gasteiger partial charge is 0.333 e. The molecule has 2 atom stereocenters. The van der Waals surface area contributed by atoms with Gasteiger partial charge in [-0.3, -0.25) is 4.79 Å². The summed E-state index contributed by atoms with van der Waals surface area (Å²) in [5.41, 5.74) is 0.0941. The molecule has 0 aliphatic carbocycles. The van der Waals surface area contributed by atoms with Crippen LogP contribution in [0, 0.1) is 17.5 Å². The minimum Gasteiger partial charge on any atom is -0.333 e. The van der Waals surface area contributed by atoms with Gasteiger partial charge in [0.1, 0.15) is 5.82 Å². The maximum absolute atomic E-state index is 13.8. The maximum Gasteiger partial charge on any atom is 0.223 e. The van der Waals surface area contributed by atoms with Crippen molar-refractivity contribution in [2.24, 2.45) is 0 Å². The molecule has 19 heavy (non-hydrogen) atoms. The number of rotatable bonds is 1. The third kappa shape index (κ3) is 2.01. The Labute approximate surface area is 109 Å². The second-order valence-electron chi connectivity index (χ2n) is 5.23. The molecule has 5 heteroatoms. The summed E-state index contributed by atoms with van der Waals surface area (Å²) in [6.07, 6.45) is 3.63. The summed E-state index contributed by atoms with van der Waals surface area (Å²) < 4.78 is 40.1. The van der Waals surface area contributed by atoms with Gasteiger partial charge in [0, 0.05) is 24.1 Å². The molecular weight excluding hydrogens is 255 g/mol. The number of hydrogen-bond acceptors (Lipinski definition) is 1. The highest BCUT2D eigenvalue weighted by Crippen LogP contribution is 2.41. The Balaban J connectivity index is 1.98. The molecule has 0 N–H and O–H groups in total. The average molecular weight is 269 g/mol. The lowest BCUT2D eigenvalue weighted by Gasteiger charge is -2.34. The molecule has 0 radical (unpaired) electrons. The van der Waals surface area contributed by atoms with E-state index in [0.717, 1.165) is 25.3 Å². The minimum atomic E-state index is -1.19. The Morgan fingerprint density at radius 3 is 2.53 bits per heavy atom. The highest BCUT2D eigenvalue weighted by atomic mass is 19.2. The molecule has 0 saturated carbocycles. The number of carbonyl (C=O) groups is 1. The summed E-state index contributed by atoms with van der Waals surface area (Å²) in [5, 5.41) is 0. The van der Waals surface area contributed by atoms with Crippen molar-refractivity contribution in [3.8, 4) is 0 Å². The van der Waals surface area contributed by atoms with Gasteiger partial charge >= 0.3 is 0 Å². The lowest BCUT2D eigenvalue weighted by molar-refractivity contribution is -0.136. The highest BCUT2D eigenvalue weighted by Gasteiger charge is 2.40. The van der Waals surface area contributed by atoms with Crippen LogP contribution in [-0.2, 0) is 4.79 Å². The summed E-state index contributed by atoms with van der Waals surface area (Å²) in [6.45, 7) is 0. The molecule has 2 saturated heterocycles. The van der Waals surface area contributed by atoms with Gasteiger partial charge in [0.2, 0.25) is 5.91 Å². The molecule has 2 aliphatic rings. The lowest BCUT2D eigenvalue weighted by atomic mass is 10.0. The van der Waals surface area contributed by atoms with Gasteiger partial charge in [-0.1, -0.05) is 0 Å². The fourth-order valence-electron chi connectivity index (χ4n) is 3.26. The van der Waals surface area contributed by atoms with Gasteiger partial charge in [-0.05, 0) is 31.7 Å². The first-order valence-corrected chi connectivity index (χ1v) is 6.53. The van der Waals surface area contributed by atoms with Crippen LogP contribution >= 0.6 is 0 Å². The zero-order chi connectivity index (χ0) is 13.6. The van der Waals surface area contributed by atoms with Gasteiger partial charge in [-0.15, -0.1) is 0 Å². The minimum absolute atomic E-state index is 0.0112. The first kappa shape index (κ1) is 12.5. The van der Waals surface area contributed by atoms with Crippen LogP contribution in [0.5, 0.6) is 0 Å². The first-order valence-electron chi connectivity index (χ1n) is 6.53. The van der Waals surface area contributed by atoms with E-state index in [1.807, 2.05) is 0 Å². The van der Waals surface area contributed by atoms with Gasteiger partial charge in [0.25, 0.3) is 0 Å². The third-order valence-corrected chi connectivity index (χ3v) is 4.12. The van der Waals surface area contributed by atoms with Crippen molar-refractivity contribution in [1.29, 1.82) is 0 Å². The van der Waals surface area contributed by atoms with Crippen LogP contribution in [0.2, 0.25) is 0 Å². The van der Waals surface area contributed by atoms with Crippen LogP contribution in [0.15, 0.2) is 12.1 Å². The molecule has 0 bridgehead atoms. The van der Waals surface area contributed by atoms with Crippen molar-refractivity contribution >= 4 is 5.91 Å². The standard InChI is InChI=1S/C14H14F3NO/c15-10-7-12(17)11(16)6-9(10)13-5-4-8-2-1-3-14(19)18(8)13/h6-8,13H,1-5H2/t8-,13?/m0/s1. The molecule has 1 unspecified atom stereocenters. The number of nitrogens with zero attached hydrogens (tertiary/aromatic N) is 1. The van der Waals surface area contributed by atoms with Crippen LogP contribution in [0.1, 0.15) is 43.7 Å². The van der Waals surface area contributed by atoms with Crippen LogP contribution < -0.4 is 0 Å². The zero-order valence-electron chi connectivity index (χ0n) is 10.3. The molecule has 2 nitrogen and oxygen atoms in total. The molecule has 1 amide bonds. The van der Waals surface area contributed by atoms with E-state index < -0.39 is 23.5 Å². The van der Waals surface area contributed by atoms with E-state index in [4.69, 9.17) is 0 Å². The number of carbonyl (C=O) groups excluding carboxylic acids is 1. The monoisotopic (exact) mass is 269 g/mol. The molecule has 2 heterocycles. The molecule has 0 spiro atoms. The van der Waals surface area contributed by atoms with Crippen LogP contribution in [-0.4, -0.2) is 16.8 Å². The van der Waals surface area contributed by atoms with Crippen molar-refractivity contribution in [1.82, 2.24) is 4.90 Å². The van der Waals surface area contributed by atoms with Crippen molar-refractivity contribution in [2.75, 3.05) is 0 Å². The van der Waals surface area contributed by atoms with Gasteiger partial charge in [-0.25, -0.2) is 13.2 Å². The van der Waals surface area contributed by atoms with Crippen molar-refractivity contribution in [3.63, 3.8) is 0 Å². The van der Waals surface area contributed by atoms with Crippen molar-refractivity contribution in [3.05, 3.63) is 35.1 Å². The normalized spacial score (nSPS) is 26.7. The van der Waals surface area contributed by atoms with Crippen LogP contribution in [0.4, 0.5) is 13.2 Å². The highest BCUT2D eigenvalue weighted by molar-refractivity contribution is 5.78. The number of fused-ring (bicyclic) bond motifs is 1. The number of halogens is 3. The summed E-state index contributed by atoms with van der Waals surface area (Å²) in [7, 11) is 0. The molecular formula is C14H14F3NO. The molecule has 102 valence electrons. The number of hydrogen-bond donors (Lipinski definition) is 0. The van der Waals surface area contributed by atoms with Gasteiger partial charge in [0.05, 0.1) is 6.04 Å². The number of piperidine rings is 1. The van der Waals surface area contributed by atoms with E-state index in [2.05, 4.69) is 0 Å². The summed E-state index contributed by atoms with van der Waals surface area (Å²) in [5.74, 6) is -3.05. The Morgan fingerprint density at radius 1 is 1.00 bits per heavy atom. The summed E-state index contributed by atoms with van der Waals surface area (Å²) >= 11 is 0. The Bertz CT molecular complexity index is 532. The fourth-order valence-corrected chi connectivity index (χ4v) is 3.26. The van der Waals surface area contributed by atoms with Crippen molar-refractivity contribution < 1.29 is 18.0 Å². The van der Waals surface area contributed by atoms with Crippen LogP contribution in [0.3, 0.4) is 0 Å². The Hall–Kier alpha value is -1.52. The zero-order valence-corrected chi connectivity index (χ0v) is 10.3. The topological polar surface area (TPSA) is 20.3 Å². The predicted octanol–water partition coefficient (Wildman–Crippen LogP) is 3.32. The predicted molar refractivity (Wildman–Crippen MR) is 62.8 cm³/mol. The van der Waals surface area contributed by atoms with E-state index in [9.17, 15) is 18.0 Å². The van der Waals surface area contributed by atoms with E-state index in [-0.39, 0.29) is 17.5 Å². The number of benzene rings is 1. The molecule has 2 aliphatic heterocycles. The smallest absolute Gasteiger partial charge is 0.223 e. The average Bonchev–Trinajstić information content (AvgIpc) is 2.79. The van der Waals surface area contributed by atoms with E-state index in [1.54, 1.807) is 4.90 Å². The van der Waals surface area contributed by atoms with E-state index in [1.165, 1.54) is 0 Å². The quantitative estimate of drug-likeness (QED) is 0.716. The molecule has 2 fully saturated rings. The first-order chi connectivity index (χ1) is 9.08. The molecule has 3 rings (SSSR count). The molecule has 0 aromatic heterocycles. The van der Waals surface area contributed by atoms with E-state index in [0.29, 0.717) is 18.9 Å². The maximum atomic E-state index is 13.8. The second-order valence-corrected chi connectivity index (χ2v) is 5.23. The lowest BCUT2D eigenvalue weighted by Crippen LogP contribution is -2.40. The van der Waals surface area contributed by atoms with Gasteiger partial charge < -0.3 is 4.90 Å².